The molecule has 0 aliphatic carbocycles. The van der Waals surface area contributed by atoms with Crippen molar-refractivity contribution < 1.29 is 18.1 Å². The van der Waals surface area contributed by atoms with Crippen LogP contribution in [0.25, 0.3) is 11.1 Å². The molecule has 1 saturated heterocycles. The van der Waals surface area contributed by atoms with E-state index < -0.39 is 10.4 Å². The van der Waals surface area contributed by atoms with E-state index in [-0.39, 0.29) is 11.8 Å². The van der Waals surface area contributed by atoms with Crippen LogP contribution in [0.2, 0.25) is 0 Å². The molecule has 1 aliphatic heterocycles. The molecule has 8 nitrogen and oxygen atoms in total. The molecule has 0 spiro atoms. The molecular formula is C18H20N4O4S2. The summed E-state index contributed by atoms with van der Waals surface area (Å²) < 4.78 is 33.1. The normalized spacial score (nSPS) is 20.2. The first kappa shape index (κ1) is 19.2. The van der Waals surface area contributed by atoms with Crippen molar-refractivity contribution in [2.45, 2.75) is 29.9 Å². The third-order valence-electron chi connectivity index (χ3n) is 4.93. The maximum absolute atomic E-state index is 12.9. The number of carbonyl (C=O) groups is 1. The van der Waals surface area contributed by atoms with Gasteiger partial charge >= 0.3 is 0 Å². The van der Waals surface area contributed by atoms with Crippen LogP contribution in [0.15, 0.2) is 32.3 Å². The fourth-order valence-electron chi connectivity index (χ4n) is 3.61. The molecule has 0 saturated carbocycles. The Hall–Kier alpha value is -2.14. The fraction of sp³-hybridized carbons (Fsp3) is 0.389. The van der Waals surface area contributed by atoms with Gasteiger partial charge in [0.15, 0.2) is 10.4 Å². The Kier molecular flexibility index (Phi) is 5.04. The van der Waals surface area contributed by atoms with Crippen LogP contribution < -0.4 is 5.32 Å². The summed E-state index contributed by atoms with van der Waals surface area (Å²) in [4.78, 5) is 16.7. The number of amides is 1. The van der Waals surface area contributed by atoms with E-state index in [1.165, 1.54) is 15.6 Å². The van der Waals surface area contributed by atoms with E-state index >= 15 is 0 Å². The molecule has 4 heterocycles. The molecule has 1 N–H and O–H groups in total. The van der Waals surface area contributed by atoms with E-state index in [0.717, 1.165) is 6.42 Å². The highest BCUT2D eigenvalue weighted by Crippen LogP contribution is 2.36. The molecular weight excluding hydrogens is 400 g/mol. The molecule has 148 valence electrons. The van der Waals surface area contributed by atoms with E-state index in [4.69, 9.17) is 4.52 Å². The number of fused-ring (bicyclic) bond motifs is 1. The third kappa shape index (κ3) is 3.26. The second kappa shape index (κ2) is 7.36. The standard InChI is InChI=1S/C18H20N4O4S2/c1-11-9-13(17(23)19-2)15-16(21-26-18(15)20-11)12-5-3-7-22(10-12)28(24,25)14-6-4-8-27-14/h4,6,8-9,12H,3,5,7,10H2,1-2H3,(H-,19,23,24,25). The topological polar surface area (TPSA) is 111 Å². The SMILES string of the molecule is CNC(=O)c1cc(C)nc2onc(C3CCCN([S+](=O)([O-])c4cccs4)C3)c12. The first-order valence-corrected chi connectivity index (χ1v) is 11.3. The van der Waals surface area contributed by atoms with E-state index in [0.29, 0.717) is 51.8 Å². The third-order valence-corrected chi connectivity index (χ3v) is 8.17. The monoisotopic (exact) mass is 420 g/mol. The smallest absolute Gasteiger partial charge is 0.259 e. The minimum absolute atomic E-state index is 0.169. The molecule has 1 aliphatic rings. The van der Waals surface area contributed by atoms with Crippen molar-refractivity contribution in [2.75, 3.05) is 20.1 Å². The highest BCUT2D eigenvalue weighted by atomic mass is 32.3. The van der Waals surface area contributed by atoms with Crippen molar-refractivity contribution in [3.05, 3.63) is 40.5 Å². The van der Waals surface area contributed by atoms with E-state index in [1.807, 2.05) is 0 Å². The zero-order chi connectivity index (χ0) is 19.9. The zero-order valence-electron chi connectivity index (χ0n) is 15.5. The maximum Gasteiger partial charge on any atom is 0.259 e. The van der Waals surface area contributed by atoms with Crippen LogP contribution in [0.3, 0.4) is 0 Å². The van der Waals surface area contributed by atoms with Crippen LogP contribution in [0.1, 0.15) is 40.5 Å². The van der Waals surface area contributed by atoms with Gasteiger partial charge in [0.2, 0.25) is 4.21 Å². The van der Waals surface area contributed by atoms with Crippen molar-refractivity contribution in [1.29, 1.82) is 0 Å². The summed E-state index contributed by atoms with van der Waals surface area (Å²) in [5.74, 6) is -0.420. The lowest BCUT2D eigenvalue weighted by atomic mass is 9.93. The predicted molar refractivity (Wildman–Crippen MR) is 105 cm³/mol. The van der Waals surface area contributed by atoms with Crippen LogP contribution in [-0.2, 0) is 14.6 Å². The molecule has 2 unspecified atom stereocenters. The van der Waals surface area contributed by atoms with Gasteiger partial charge in [0.25, 0.3) is 11.6 Å². The van der Waals surface area contributed by atoms with Gasteiger partial charge < -0.3 is 14.4 Å². The quantitative estimate of drug-likeness (QED) is 0.650. The Bertz CT molecular complexity index is 1060. The number of rotatable bonds is 4. The van der Waals surface area contributed by atoms with Crippen LogP contribution in [0.5, 0.6) is 0 Å². The molecule has 0 bridgehead atoms. The van der Waals surface area contributed by atoms with Gasteiger partial charge in [0.1, 0.15) is 0 Å². The summed E-state index contributed by atoms with van der Waals surface area (Å²) in [6, 6.07) is 5.05. The molecule has 1 fully saturated rings. The van der Waals surface area contributed by atoms with Gasteiger partial charge in [0.05, 0.1) is 23.2 Å². The van der Waals surface area contributed by atoms with Gasteiger partial charge in [0, 0.05) is 31.3 Å². The number of hydrogen-bond acceptors (Lipinski definition) is 7. The molecule has 3 aromatic heterocycles. The number of carbonyl (C=O) groups excluding carboxylic acids is 1. The minimum Gasteiger partial charge on any atom is -0.592 e. The number of sulfonamides is 1. The van der Waals surface area contributed by atoms with Crippen molar-refractivity contribution in [3.63, 3.8) is 0 Å². The van der Waals surface area contributed by atoms with Gasteiger partial charge in [-0.1, -0.05) is 20.7 Å². The summed E-state index contributed by atoms with van der Waals surface area (Å²) >= 11 is 1.21. The Morgan fingerprint density at radius 2 is 2.32 bits per heavy atom. The molecule has 28 heavy (non-hydrogen) atoms. The number of aryl methyl sites for hydroxylation is 1. The lowest BCUT2D eigenvalue weighted by Gasteiger charge is -2.33. The first-order chi connectivity index (χ1) is 13.4. The number of aromatic nitrogens is 2. The number of piperidine rings is 1. The fourth-order valence-corrected chi connectivity index (χ4v) is 6.28. The van der Waals surface area contributed by atoms with Crippen molar-refractivity contribution in [1.82, 2.24) is 19.8 Å². The number of hydrogen-bond donors (Lipinski definition) is 1. The number of nitrogens with zero attached hydrogens (tertiary/aromatic N) is 3. The van der Waals surface area contributed by atoms with Gasteiger partial charge in [-0.2, -0.15) is 0 Å². The maximum atomic E-state index is 12.9. The second-order valence-corrected chi connectivity index (χ2v) is 9.89. The second-order valence-electron chi connectivity index (χ2n) is 6.77. The van der Waals surface area contributed by atoms with Crippen LogP contribution >= 0.6 is 11.3 Å². The molecule has 0 aromatic carbocycles. The Labute approximate surface area is 167 Å². The average Bonchev–Trinajstić information content (AvgIpc) is 3.37. The zero-order valence-corrected chi connectivity index (χ0v) is 17.1. The molecule has 10 heteroatoms. The molecule has 0 radical (unpaired) electrons. The largest absolute Gasteiger partial charge is 0.592 e. The highest BCUT2D eigenvalue weighted by Gasteiger charge is 2.38. The Morgan fingerprint density at radius 1 is 1.50 bits per heavy atom. The molecule has 4 rings (SSSR count). The minimum atomic E-state index is -3.54. The number of pyridine rings is 1. The Balaban J connectivity index is 1.72. The average molecular weight is 421 g/mol. The molecule has 3 aromatic rings. The lowest BCUT2D eigenvalue weighted by molar-refractivity contribution is 0.0964. The van der Waals surface area contributed by atoms with Gasteiger partial charge in [-0.15, -0.1) is 4.31 Å². The van der Waals surface area contributed by atoms with Crippen molar-refractivity contribution >= 4 is 38.7 Å². The van der Waals surface area contributed by atoms with Crippen molar-refractivity contribution in [2.24, 2.45) is 0 Å². The van der Waals surface area contributed by atoms with Gasteiger partial charge in [-0.3, -0.25) is 4.79 Å². The van der Waals surface area contributed by atoms with Gasteiger partial charge in [-0.05, 0) is 37.3 Å². The summed E-state index contributed by atoms with van der Waals surface area (Å²) in [6.07, 6.45) is 1.47. The summed E-state index contributed by atoms with van der Waals surface area (Å²) in [7, 11) is -1.97. The highest BCUT2D eigenvalue weighted by molar-refractivity contribution is 7.97. The number of nitrogens with one attached hydrogen (secondary N) is 1. The first-order valence-electron chi connectivity index (χ1n) is 8.94. The van der Waals surface area contributed by atoms with Gasteiger partial charge in [-0.25, -0.2) is 4.98 Å². The van der Waals surface area contributed by atoms with E-state index in [2.05, 4.69) is 15.5 Å². The molecule has 1 amide bonds. The Morgan fingerprint density at radius 3 is 3.04 bits per heavy atom. The summed E-state index contributed by atoms with van der Waals surface area (Å²) in [6.45, 7) is 2.54. The van der Waals surface area contributed by atoms with Crippen LogP contribution in [-0.4, -0.2) is 45.0 Å². The van der Waals surface area contributed by atoms with E-state index in [1.54, 1.807) is 37.6 Å². The van der Waals surface area contributed by atoms with Crippen LogP contribution in [0.4, 0.5) is 0 Å². The summed E-state index contributed by atoms with van der Waals surface area (Å²) in [5, 5.41) is 9.12. The molecule has 2 atom stereocenters. The van der Waals surface area contributed by atoms with E-state index in [9.17, 15) is 13.6 Å². The lowest BCUT2D eigenvalue weighted by Crippen LogP contribution is -2.42. The van der Waals surface area contributed by atoms with Crippen LogP contribution in [0, 0.1) is 6.92 Å². The summed E-state index contributed by atoms with van der Waals surface area (Å²) in [5.41, 5.74) is 1.98. The van der Waals surface area contributed by atoms with Crippen molar-refractivity contribution in [3.8, 4) is 0 Å². The number of thiophene rings is 1. The predicted octanol–water partition coefficient (Wildman–Crippen LogP) is 2.74.